The van der Waals surface area contributed by atoms with Gasteiger partial charge in [-0.2, -0.15) is 0 Å². The number of rotatable bonds is 2. The predicted octanol–water partition coefficient (Wildman–Crippen LogP) is 1.80. The number of esters is 1. The van der Waals surface area contributed by atoms with Crippen LogP contribution in [0.2, 0.25) is 0 Å². The minimum absolute atomic E-state index is 0.206. The van der Waals surface area contributed by atoms with Crippen LogP contribution in [0.3, 0.4) is 0 Å². The summed E-state index contributed by atoms with van der Waals surface area (Å²) in [4.78, 5) is 11.8. The summed E-state index contributed by atoms with van der Waals surface area (Å²) in [6, 6.07) is 7.62. The van der Waals surface area contributed by atoms with Gasteiger partial charge in [-0.1, -0.05) is 18.2 Å². The SMILES string of the molecule is COCC1(C)Cc2ccccc2OC1=O. The molecule has 1 unspecified atom stereocenters. The topological polar surface area (TPSA) is 35.5 Å². The lowest BCUT2D eigenvalue weighted by Gasteiger charge is -2.31. The van der Waals surface area contributed by atoms with Gasteiger partial charge in [0.25, 0.3) is 0 Å². The van der Waals surface area contributed by atoms with Gasteiger partial charge in [0.05, 0.1) is 12.0 Å². The molecule has 1 heterocycles. The number of carbonyl (C=O) groups excluding carboxylic acids is 1. The van der Waals surface area contributed by atoms with Gasteiger partial charge >= 0.3 is 5.97 Å². The van der Waals surface area contributed by atoms with E-state index in [4.69, 9.17) is 9.47 Å². The van der Waals surface area contributed by atoms with Crippen molar-refractivity contribution < 1.29 is 14.3 Å². The van der Waals surface area contributed by atoms with Crippen molar-refractivity contribution in [1.29, 1.82) is 0 Å². The normalized spacial score (nSPS) is 24.5. The quantitative estimate of drug-likeness (QED) is 0.546. The molecule has 1 atom stereocenters. The molecule has 0 saturated heterocycles. The molecule has 0 N–H and O–H groups in total. The van der Waals surface area contributed by atoms with Gasteiger partial charge in [0.1, 0.15) is 5.75 Å². The van der Waals surface area contributed by atoms with E-state index in [1.165, 1.54) is 0 Å². The molecule has 0 bridgehead atoms. The maximum atomic E-state index is 11.8. The van der Waals surface area contributed by atoms with E-state index < -0.39 is 5.41 Å². The number of carbonyl (C=O) groups is 1. The van der Waals surface area contributed by atoms with E-state index in [1.54, 1.807) is 7.11 Å². The Bertz CT molecular complexity index is 386. The molecule has 0 amide bonds. The molecule has 0 saturated carbocycles. The summed E-state index contributed by atoms with van der Waals surface area (Å²) in [5, 5.41) is 0. The number of benzene rings is 1. The van der Waals surface area contributed by atoms with Gasteiger partial charge in [-0.05, 0) is 25.0 Å². The van der Waals surface area contributed by atoms with E-state index in [9.17, 15) is 4.79 Å². The summed E-state index contributed by atoms with van der Waals surface area (Å²) in [5.74, 6) is 0.471. The molecule has 1 aromatic rings. The fourth-order valence-corrected chi connectivity index (χ4v) is 1.89. The van der Waals surface area contributed by atoms with Gasteiger partial charge in [-0.15, -0.1) is 0 Å². The third-order valence-electron chi connectivity index (χ3n) is 2.71. The largest absolute Gasteiger partial charge is 0.426 e. The van der Waals surface area contributed by atoms with Crippen LogP contribution in [-0.2, 0) is 16.0 Å². The summed E-state index contributed by atoms with van der Waals surface area (Å²) in [6.07, 6.45) is 0.676. The Morgan fingerprint density at radius 3 is 2.93 bits per heavy atom. The molecule has 0 radical (unpaired) electrons. The highest BCUT2D eigenvalue weighted by atomic mass is 16.5. The second-order valence-electron chi connectivity index (χ2n) is 4.17. The molecule has 1 aromatic carbocycles. The minimum Gasteiger partial charge on any atom is -0.426 e. The van der Waals surface area contributed by atoms with Crippen molar-refractivity contribution in [1.82, 2.24) is 0 Å². The zero-order valence-corrected chi connectivity index (χ0v) is 8.95. The second kappa shape index (κ2) is 3.66. The lowest BCUT2D eigenvalue weighted by Crippen LogP contribution is -2.41. The minimum atomic E-state index is -0.552. The van der Waals surface area contributed by atoms with E-state index in [0.29, 0.717) is 18.8 Å². The molecular formula is C12H14O3. The molecule has 15 heavy (non-hydrogen) atoms. The van der Waals surface area contributed by atoms with Crippen LogP contribution in [0.25, 0.3) is 0 Å². The Labute approximate surface area is 89.0 Å². The Morgan fingerprint density at radius 2 is 2.20 bits per heavy atom. The first-order valence-corrected chi connectivity index (χ1v) is 4.95. The number of para-hydroxylation sites is 1. The van der Waals surface area contributed by atoms with E-state index in [1.807, 2.05) is 31.2 Å². The molecule has 0 spiro atoms. The van der Waals surface area contributed by atoms with Gasteiger partial charge in [0.15, 0.2) is 0 Å². The smallest absolute Gasteiger partial charge is 0.319 e. The summed E-state index contributed by atoms with van der Waals surface area (Å²) >= 11 is 0. The van der Waals surface area contributed by atoms with Crippen molar-refractivity contribution in [3.8, 4) is 5.75 Å². The first kappa shape index (κ1) is 10.2. The molecule has 0 aromatic heterocycles. The molecular weight excluding hydrogens is 192 g/mol. The van der Waals surface area contributed by atoms with E-state index in [-0.39, 0.29) is 5.97 Å². The zero-order chi connectivity index (χ0) is 10.9. The molecule has 0 aliphatic carbocycles. The second-order valence-corrected chi connectivity index (χ2v) is 4.17. The van der Waals surface area contributed by atoms with Crippen LogP contribution in [0.4, 0.5) is 0 Å². The van der Waals surface area contributed by atoms with Gasteiger partial charge in [-0.25, -0.2) is 0 Å². The van der Waals surface area contributed by atoms with Gasteiger partial charge < -0.3 is 9.47 Å². The van der Waals surface area contributed by atoms with Crippen molar-refractivity contribution in [3.63, 3.8) is 0 Å². The van der Waals surface area contributed by atoms with Crippen LogP contribution in [0.15, 0.2) is 24.3 Å². The first-order valence-electron chi connectivity index (χ1n) is 4.95. The summed E-state index contributed by atoms with van der Waals surface area (Å²) in [6.45, 7) is 2.26. The fraction of sp³-hybridized carbons (Fsp3) is 0.417. The fourth-order valence-electron chi connectivity index (χ4n) is 1.89. The van der Waals surface area contributed by atoms with Crippen molar-refractivity contribution in [3.05, 3.63) is 29.8 Å². The molecule has 2 rings (SSSR count). The van der Waals surface area contributed by atoms with Gasteiger partial charge in [0, 0.05) is 7.11 Å². The summed E-state index contributed by atoms with van der Waals surface area (Å²) in [7, 11) is 1.60. The standard InChI is InChI=1S/C12H14O3/c1-12(8-14-2)7-9-5-3-4-6-10(9)15-11(12)13/h3-6H,7-8H2,1-2H3. The molecule has 80 valence electrons. The average molecular weight is 206 g/mol. The highest BCUT2D eigenvalue weighted by molar-refractivity contribution is 5.81. The van der Waals surface area contributed by atoms with Crippen LogP contribution >= 0.6 is 0 Å². The van der Waals surface area contributed by atoms with Crippen molar-refractivity contribution in [2.24, 2.45) is 5.41 Å². The van der Waals surface area contributed by atoms with E-state index in [2.05, 4.69) is 0 Å². The summed E-state index contributed by atoms with van der Waals surface area (Å²) in [5.41, 5.74) is 0.514. The molecule has 1 aliphatic rings. The average Bonchev–Trinajstić information content (AvgIpc) is 2.20. The number of methoxy groups -OCH3 is 1. The Kier molecular flexibility index (Phi) is 2.49. The van der Waals surface area contributed by atoms with Gasteiger partial charge in [0.2, 0.25) is 0 Å². The number of hydrogen-bond donors (Lipinski definition) is 0. The third kappa shape index (κ3) is 1.75. The lowest BCUT2D eigenvalue weighted by molar-refractivity contribution is -0.149. The molecule has 0 fully saturated rings. The lowest BCUT2D eigenvalue weighted by atomic mass is 9.82. The number of fused-ring (bicyclic) bond motifs is 1. The highest BCUT2D eigenvalue weighted by Crippen LogP contribution is 2.35. The Balaban J connectivity index is 2.33. The third-order valence-corrected chi connectivity index (χ3v) is 2.71. The Hall–Kier alpha value is -1.35. The number of ether oxygens (including phenoxy) is 2. The van der Waals surface area contributed by atoms with Crippen LogP contribution in [-0.4, -0.2) is 19.7 Å². The Morgan fingerprint density at radius 1 is 1.47 bits per heavy atom. The monoisotopic (exact) mass is 206 g/mol. The van der Waals surface area contributed by atoms with Crippen LogP contribution in [0, 0.1) is 5.41 Å². The van der Waals surface area contributed by atoms with Gasteiger partial charge in [-0.3, -0.25) is 4.79 Å². The molecule has 3 nitrogen and oxygen atoms in total. The highest BCUT2D eigenvalue weighted by Gasteiger charge is 2.40. The molecule has 3 heteroatoms. The van der Waals surface area contributed by atoms with Crippen LogP contribution in [0.1, 0.15) is 12.5 Å². The van der Waals surface area contributed by atoms with Crippen molar-refractivity contribution >= 4 is 5.97 Å². The van der Waals surface area contributed by atoms with Crippen molar-refractivity contribution in [2.75, 3.05) is 13.7 Å². The predicted molar refractivity (Wildman–Crippen MR) is 55.8 cm³/mol. The van der Waals surface area contributed by atoms with E-state index in [0.717, 1.165) is 5.56 Å². The van der Waals surface area contributed by atoms with Crippen molar-refractivity contribution in [2.45, 2.75) is 13.3 Å². The van der Waals surface area contributed by atoms with Crippen LogP contribution in [0.5, 0.6) is 5.75 Å². The van der Waals surface area contributed by atoms with Crippen LogP contribution < -0.4 is 4.74 Å². The van der Waals surface area contributed by atoms with E-state index >= 15 is 0 Å². The number of hydrogen-bond acceptors (Lipinski definition) is 3. The summed E-state index contributed by atoms with van der Waals surface area (Å²) < 4.78 is 10.3. The molecule has 1 aliphatic heterocycles. The zero-order valence-electron chi connectivity index (χ0n) is 8.95. The maximum absolute atomic E-state index is 11.8. The maximum Gasteiger partial charge on any atom is 0.319 e. The first-order chi connectivity index (χ1) is 7.15.